The van der Waals surface area contributed by atoms with E-state index >= 15 is 0 Å². The SMILES string of the molecule is CCC[NH+](CC(=O)N[C@H](C)c1cccc2ccccc12)Cc1nnc(-c2ccco2)o1. The van der Waals surface area contributed by atoms with E-state index in [9.17, 15) is 4.79 Å². The van der Waals surface area contributed by atoms with Crippen molar-refractivity contribution in [2.45, 2.75) is 32.9 Å². The van der Waals surface area contributed by atoms with Gasteiger partial charge in [-0.2, -0.15) is 0 Å². The van der Waals surface area contributed by atoms with E-state index in [1.54, 1.807) is 18.4 Å². The second kappa shape index (κ2) is 9.57. The fourth-order valence-electron chi connectivity index (χ4n) is 3.86. The molecule has 4 rings (SSSR count). The van der Waals surface area contributed by atoms with Crippen LogP contribution in [0.15, 0.2) is 69.7 Å². The molecule has 0 bridgehead atoms. The maximum atomic E-state index is 12.8. The maximum Gasteiger partial charge on any atom is 0.283 e. The number of quaternary nitrogens is 1. The van der Waals surface area contributed by atoms with Crippen molar-refractivity contribution in [2.75, 3.05) is 13.1 Å². The van der Waals surface area contributed by atoms with Gasteiger partial charge in [-0.1, -0.05) is 49.4 Å². The zero-order valence-electron chi connectivity index (χ0n) is 17.8. The molecule has 0 radical (unpaired) electrons. The maximum absolute atomic E-state index is 12.8. The number of amides is 1. The van der Waals surface area contributed by atoms with E-state index in [1.807, 2.05) is 25.1 Å². The molecule has 2 N–H and O–H groups in total. The van der Waals surface area contributed by atoms with Crippen LogP contribution in [0.2, 0.25) is 0 Å². The summed E-state index contributed by atoms with van der Waals surface area (Å²) in [7, 11) is 0. The summed E-state index contributed by atoms with van der Waals surface area (Å²) in [6.07, 6.45) is 2.51. The number of hydrogen-bond donors (Lipinski definition) is 2. The molecule has 0 fully saturated rings. The number of nitrogens with zero attached hydrogens (tertiary/aromatic N) is 2. The first-order chi connectivity index (χ1) is 15.1. The summed E-state index contributed by atoms with van der Waals surface area (Å²) >= 11 is 0. The van der Waals surface area contributed by atoms with E-state index < -0.39 is 0 Å². The molecule has 2 aromatic heterocycles. The van der Waals surface area contributed by atoms with Crippen molar-refractivity contribution in [3.63, 3.8) is 0 Å². The van der Waals surface area contributed by atoms with Crippen LogP contribution in [0.25, 0.3) is 22.4 Å². The topological polar surface area (TPSA) is 85.6 Å². The van der Waals surface area contributed by atoms with Gasteiger partial charge >= 0.3 is 0 Å². The van der Waals surface area contributed by atoms with E-state index in [4.69, 9.17) is 8.83 Å². The number of aromatic nitrogens is 2. The Balaban J connectivity index is 1.40. The van der Waals surface area contributed by atoms with Gasteiger partial charge in [0.15, 0.2) is 18.8 Å². The number of benzene rings is 2. The molecule has 0 aliphatic heterocycles. The van der Waals surface area contributed by atoms with Crippen molar-refractivity contribution < 1.29 is 18.5 Å². The first-order valence-electron chi connectivity index (χ1n) is 10.6. The average Bonchev–Trinajstić information content (AvgIpc) is 3.45. The van der Waals surface area contributed by atoms with Crippen LogP contribution in [0.3, 0.4) is 0 Å². The van der Waals surface area contributed by atoms with Gasteiger partial charge in [-0.25, -0.2) is 0 Å². The Bertz CT molecular complexity index is 1130. The van der Waals surface area contributed by atoms with Crippen LogP contribution in [0.4, 0.5) is 0 Å². The van der Waals surface area contributed by atoms with E-state index in [0.29, 0.717) is 30.6 Å². The molecule has 7 nitrogen and oxygen atoms in total. The number of carbonyl (C=O) groups is 1. The normalized spacial score (nSPS) is 13.2. The molecular formula is C24H27N4O3+. The largest absolute Gasteiger partial charge is 0.459 e. The summed E-state index contributed by atoms with van der Waals surface area (Å²) in [5.74, 6) is 1.38. The molecule has 0 aliphatic rings. The lowest BCUT2D eigenvalue weighted by Gasteiger charge is -2.20. The highest BCUT2D eigenvalue weighted by Gasteiger charge is 2.21. The molecule has 0 aliphatic carbocycles. The zero-order valence-corrected chi connectivity index (χ0v) is 17.8. The van der Waals surface area contributed by atoms with Crippen molar-refractivity contribution in [3.8, 4) is 11.7 Å². The molecule has 2 atom stereocenters. The van der Waals surface area contributed by atoms with Gasteiger partial charge in [0, 0.05) is 0 Å². The number of rotatable bonds is 9. The van der Waals surface area contributed by atoms with Crippen LogP contribution in [0.1, 0.15) is 37.8 Å². The van der Waals surface area contributed by atoms with Gasteiger partial charge in [-0.3, -0.25) is 4.79 Å². The van der Waals surface area contributed by atoms with Gasteiger partial charge in [0.05, 0.1) is 18.8 Å². The quantitative estimate of drug-likeness (QED) is 0.435. The highest BCUT2D eigenvalue weighted by atomic mass is 16.4. The predicted molar refractivity (Wildman–Crippen MR) is 117 cm³/mol. The van der Waals surface area contributed by atoms with Crippen LogP contribution < -0.4 is 10.2 Å². The van der Waals surface area contributed by atoms with Gasteiger partial charge in [0.1, 0.15) is 0 Å². The lowest BCUT2D eigenvalue weighted by molar-refractivity contribution is -0.907. The van der Waals surface area contributed by atoms with E-state index in [2.05, 4.69) is 46.7 Å². The van der Waals surface area contributed by atoms with Gasteiger partial charge in [0.2, 0.25) is 0 Å². The summed E-state index contributed by atoms with van der Waals surface area (Å²) in [4.78, 5) is 13.9. The summed E-state index contributed by atoms with van der Waals surface area (Å²) in [5, 5.41) is 13.6. The van der Waals surface area contributed by atoms with Crippen molar-refractivity contribution in [1.29, 1.82) is 0 Å². The summed E-state index contributed by atoms with van der Waals surface area (Å²) < 4.78 is 11.0. The number of carbonyl (C=O) groups excluding carboxylic acids is 1. The van der Waals surface area contributed by atoms with Crippen molar-refractivity contribution in [2.24, 2.45) is 0 Å². The van der Waals surface area contributed by atoms with Crippen LogP contribution in [0, 0.1) is 0 Å². The third-order valence-corrected chi connectivity index (χ3v) is 5.28. The molecule has 0 spiro atoms. The fraction of sp³-hybridized carbons (Fsp3) is 0.292. The molecule has 160 valence electrons. The third-order valence-electron chi connectivity index (χ3n) is 5.28. The number of nitrogens with one attached hydrogen (secondary N) is 2. The lowest BCUT2D eigenvalue weighted by atomic mass is 10.00. The molecule has 7 heteroatoms. The Kier molecular flexibility index (Phi) is 6.43. The minimum atomic E-state index is -0.0876. The standard InChI is InChI=1S/C24H26N4O3/c1-3-13-28(16-23-26-27-24(31-23)21-12-7-14-30-21)15-22(29)25-17(2)19-11-6-9-18-8-4-5-10-20(18)19/h4-12,14,17H,3,13,15-16H2,1-2H3,(H,25,29)/p+1/t17-/m1/s1. The average molecular weight is 420 g/mol. The minimum Gasteiger partial charge on any atom is -0.459 e. The summed E-state index contributed by atoms with van der Waals surface area (Å²) in [6.45, 7) is 5.76. The molecule has 1 unspecified atom stereocenters. The molecule has 2 aromatic carbocycles. The van der Waals surface area contributed by atoms with Crippen LogP contribution in [-0.4, -0.2) is 29.2 Å². The summed E-state index contributed by atoms with van der Waals surface area (Å²) in [5.41, 5.74) is 1.11. The van der Waals surface area contributed by atoms with Crippen molar-refractivity contribution >= 4 is 16.7 Å². The molecule has 2 heterocycles. The Labute approximate surface area is 181 Å². The van der Waals surface area contributed by atoms with Gasteiger partial charge in [-0.15, -0.1) is 10.2 Å². The van der Waals surface area contributed by atoms with Crippen LogP contribution in [-0.2, 0) is 11.3 Å². The summed E-state index contributed by atoms with van der Waals surface area (Å²) in [6, 6.07) is 17.9. The predicted octanol–water partition coefficient (Wildman–Crippen LogP) is 3.16. The first-order valence-corrected chi connectivity index (χ1v) is 10.6. The van der Waals surface area contributed by atoms with Crippen molar-refractivity contribution in [3.05, 3.63) is 72.3 Å². The lowest BCUT2D eigenvalue weighted by Crippen LogP contribution is -3.12. The number of furan rings is 1. The molecule has 0 saturated heterocycles. The van der Waals surface area contributed by atoms with E-state index in [0.717, 1.165) is 28.8 Å². The first kappa shape index (κ1) is 20.8. The molecule has 4 aromatic rings. The smallest absolute Gasteiger partial charge is 0.283 e. The Morgan fingerprint density at radius 2 is 1.94 bits per heavy atom. The second-order valence-corrected chi connectivity index (χ2v) is 7.69. The number of hydrogen-bond acceptors (Lipinski definition) is 5. The third kappa shape index (κ3) is 5.00. The Morgan fingerprint density at radius 3 is 2.74 bits per heavy atom. The molecule has 1 amide bonds. The van der Waals surface area contributed by atoms with Gasteiger partial charge in [-0.05, 0) is 41.8 Å². The molecular weight excluding hydrogens is 392 g/mol. The van der Waals surface area contributed by atoms with Crippen molar-refractivity contribution in [1.82, 2.24) is 15.5 Å². The van der Waals surface area contributed by atoms with Gasteiger partial charge < -0.3 is 19.1 Å². The fourth-order valence-corrected chi connectivity index (χ4v) is 3.86. The van der Waals surface area contributed by atoms with Crippen LogP contribution in [0.5, 0.6) is 0 Å². The Morgan fingerprint density at radius 1 is 1.10 bits per heavy atom. The zero-order chi connectivity index (χ0) is 21.6. The van der Waals surface area contributed by atoms with Gasteiger partial charge in [0.25, 0.3) is 17.7 Å². The van der Waals surface area contributed by atoms with E-state index in [-0.39, 0.29) is 11.9 Å². The Hall–Kier alpha value is -3.45. The molecule has 31 heavy (non-hydrogen) atoms. The monoisotopic (exact) mass is 419 g/mol. The second-order valence-electron chi connectivity index (χ2n) is 7.69. The highest BCUT2D eigenvalue weighted by molar-refractivity contribution is 5.87. The van der Waals surface area contributed by atoms with Crippen LogP contribution >= 0.6 is 0 Å². The number of fused-ring (bicyclic) bond motifs is 1. The molecule has 0 saturated carbocycles. The highest BCUT2D eigenvalue weighted by Crippen LogP contribution is 2.24. The van der Waals surface area contributed by atoms with E-state index in [1.165, 1.54) is 5.39 Å². The minimum absolute atomic E-state index is 0.00495.